The summed E-state index contributed by atoms with van der Waals surface area (Å²) in [6, 6.07) is 16.7. The quantitative estimate of drug-likeness (QED) is 0.350. The van der Waals surface area contributed by atoms with Gasteiger partial charge in [-0.1, -0.05) is 29.5 Å². The van der Waals surface area contributed by atoms with Crippen molar-refractivity contribution < 1.29 is 23.5 Å². The fraction of sp³-hybridized carbons (Fsp3) is 0.280. The third-order valence-corrected chi connectivity index (χ3v) is 5.46. The monoisotopic (exact) mass is 477 g/mol. The molecule has 2 aromatic heterocycles. The van der Waals surface area contributed by atoms with Crippen LogP contribution >= 0.6 is 0 Å². The molecule has 2 aromatic carbocycles. The lowest BCUT2D eigenvalue weighted by molar-refractivity contribution is -0.127. The fourth-order valence-electron chi connectivity index (χ4n) is 3.83. The van der Waals surface area contributed by atoms with E-state index in [1.54, 1.807) is 50.4 Å². The van der Waals surface area contributed by atoms with Gasteiger partial charge in [-0.2, -0.15) is 0 Å². The standard InChI is InChI=1S/C25H27N5O5/c1-17-12-13-22(35-17)24(25(32)26-14-15-33-2)30(20-10-6-7-11-21(20)34-3)23(31)16-29-19-9-5-4-8-18(19)27-28-29/h4-13,24H,14-16H2,1-3H3,(H,26,32)/t24-/m0/s1. The molecule has 1 N–H and O–H groups in total. The van der Waals surface area contributed by atoms with E-state index < -0.39 is 17.9 Å². The van der Waals surface area contributed by atoms with Crippen LogP contribution in [0.5, 0.6) is 5.75 Å². The number of methoxy groups -OCH3 is 2. The number of hydrogen-bond donors (Lipinski definition) is 1. The van der Waals surface area contributed by atoms with Gasteiger partial charge in [0, 0.05) is 13.7 Å². The maximum absolute atomic E-state index is 13.9. The number of para-hydroxylation sites is 3. The molecule has 0 unspecified atom stereocenters. The van der Waals surface area contributed by atoms with Gasteiger partial charge in [-0.25, -0.2) is 4.68 Å². The Morgan fingerprint density at radius 3 is 2.60 bits per heavy atom. The van der Waals surface area contributed by atoms with Crippen LogP contribution in [-0.4, -0.2) is 54.2 Å². The molecule has 4 rings (SSSR count). The van der Waals surface area contributed by atoms with E-state index >= 15 is 0 Å². The third kappa shape index (κ3) is 5.17. The van der Waals surface area contributed by atoms with Gasteiger partial charge < -0.3 is 19.2 Å². The summed E-state index contributed by atoms with van der Waals surface area (Å²) >= 11 is 0. The lowest BCUT2D eigenvalue weighted by atomic mass is 10.1. The Labute approximate surface area is 202 Å². The van der Waals surface area contributed by atoms with Crippen LogP contribution in [-0.2, 0) is 20.9 Å². The number of rotatable bonds is 10. The number of nitrogens with one attached hydrogen (secondary N) is 1. The normalized spacial score (nSPS) is 11.9. The van der Waals surface area contributed by atoms with Crippen LogP contribution in [0.15, 0.2) is 65.1 Å². The molecule has 4 aromatic rings. The second kappa shape index (κ2) is 10.8. The van der Waals surface area contributed by atoms with Crippen LogP contribution in [0, 0.1) is 6.92 Å². The number of fused-ring (bicyclic) bond motifs is 1. The van der Waals surface area contributed by atoms with Crippen LogP contribution < -0.4 is 15.0 Å². The van der Waals surface area contributed by atoms with Crippen molar-refractivity contribution in [2.24, 2.45) is 0 Å². The number of aryl methyl sites for hydroxylation is 1. The molecule has 10 nitrogen and oxygen atoms in total. The van der Waals surface area contributed by atoms with E-state index in [1.807, 2.05) is 24.3 Å². The molecule has 0 saturated heterocycles. The Kier molecular flexibility index (Phi) is 7.41. The van der Waals surface area contributed by atoms with Gasteiger partial charge in [0.25, 0.3) is 5.91 Å². The number of benzene rings is 2. The lowest BCUT2D eigenvalue weighted by Gasteiger charge is -2.31. The average molecular weight is 478 g/mol. The molecule has 10 heteroatoms. The van der Waals surface area contributed by atoms with Crippen LogP contribution in [0.4, 0.5) is 5.69 Å². The second-order valence-electron chi connectivity index (χ2n) is 7.81. The van der Waals surface area contributed by atoms with Crippen LogP contribution in [0.3, 0.4) is 0 Å². The van der Waals surface area contributed by atoms with E-state index in [0.717, 1.165) is 0 Å². The van der Waals surface area contributed by atoms with E-state index in [0.29, 0.717) is 40.6 Å². The minimum absolute atomic E-state index is 0.153. The first-order valence-electron chi connectivity index (χ1n) is 11.1. The Bertz CT molecular complexity index is 1310. The van der Waals surface area contributed by atoms with Crippen LogP contribution in [0.25, 0.3) is 11.0 Å². The number of nitrogens with zero attached hydrogens (tertiary/aromatic N) is 4. The third-order valence-electron chi connectivity index (χ3n) is 5.46. The highest BCUT2D eigenvalue weighted by molar-refractivity contribution is 6.02. The van der Waals surface area contributed by atoms with Crippen molar-refractivity contribution in [2.75, 3.05) is 32.3 Å². The predicted molar refractivity (Wildman–Crippen MR) is 129 cm³/mol. The molecular weight excluding hydrogens is 450 g/mol. The first kappa shape index (κ1) is 24.0. The molecule has 0 aliphatic rings. The van der Waals surface area contributed by atoms with Gasteiger partial charge in [0.2, 0.25) is 5.91 Å². The zero-order valence-corrected chi connectivity index (χ0v) is 19.8. The smallest absolute Gasteiger partial charge is 0.251 e. The van der Waals surface area contributed by atoms with Crippen molar-refractivity contribution in [3.63, 3.8) is 0 Å². The molecular formula is C25H27N5O5. The molecule has 0 radical (unpaired) electrons. The Balaban J connectivity index is 1.79. The number of furan rings is 1. The summed E-state index contributed by atoms with van der Waals surface area (Å²) in [6.07, 6.45) is 0. The fourth-order valence-corrected chi connectivity index (χ4v) is 3.83. The number of aromatic nitrogens is 3. The van der Waals surface area contributed by atoms with Crippen LogP contribution in [0.2, 0.25) is 0 Å². The number of ether oxygens (including phenoxy) is 2. The largest absolute Gasteiger partial charge is 0.495 e. The number of hydrogen-bond acceptors (Lipinski definition) is 7. The number of anilines is 1. The van der Waals surface area contributed by atoms with E-state index in [-0.39, 0.29) is 13.1 Å². The molecule has 2 amide bonds. The average Bonchev–Trinajstić information content (AvgIpc) is 3.48. The first-order chi connectivity index (χ1) is 17.0. The highest BCUT2D eigenvalue weighted by Crippen LogP contribution is 2.35. The zero-order valence-electron chi connectivity index (χ0n) is 19.8. The Morgan fingerprint density at radius 1 is 1.09 bits per heavy atom. The molecule has 0 spiro atoms. The molecule has 2 heterocycles. The zero-order chi connectivity index (χ0) is 24.8. The summed E-state index contributed by atoms with van der Waals surface area (Å²) in [5, 5.41) is 11.1. The molecule has 0 aliphatic heterocycles. The first-order valence-corrected chi connectivity index (χ1v) is 11.1. The van der Waals surface area contributed by atoms with E-state index in [2.05, 4.69) is 15.6 Å². The van der Waals surface area contributed by atoms with Crippen molar-refractivity contribution in [3.8, 4) is 5.75 Å². The Morgan fingerprint density at radius 2 is 1.86 bits per heavy atom. The van der Waals surface area contributed by atoms with Gasteiger partial charge in [0.05, 0.1) is 24.9 Å². The van der Waals surface area contributed by atoms with Crippen molar-refractivity contribution in [1.82, 2.24) is 20.3 Å². The van der Waals surface area contributed by atoms with Crippen molar-refractivity contribution >= 4 is 28.5 Å². The van der Waals surface area contributed by atoms with Gasteiger partial charge in [-0.3, -0.25) is 14.5 Å². The molecule has 1 atom stereocenters. The highest BCUT2D eigenvalue weighted by Gasteiger charge is 2.36. The summed E-state index contributed by atoms with van der Waals surface area (Å²) in [5.41, 5.74) is 1.79. The number of amides is 2. The van der Waals surface area contributed by atoms with Gasteiger partial charge in [0.15, 0.2) is 6.04 Å². The topological polar surface area (TPSA) is 112 Å². The molecule has 0 saturated carbocycles. The maximum atomic E-state index is 13.9. The Hall–Kier alpha value is -4.18. The van der Waals surface area contributed by atoms with E-state index in [4.69, 9.17) is 13.9 Å². The number of carbonyl (C=O) groups excluding carboxylic acids is 2. The van der Waals surface area contributed by atoms with E-state index in [1.165, 1.54) is 16.7 Å². The molecule has 0 fully saturated rings. The van der Waals surface area contributed by atoms with Crippen LogP contribution in [0.1, 0.15) is 17.6 Å². The van der Waals surface area contributed by atoms with Gasteiger partial charge in [0.1, 0.15) is 29.3 Å². The molecule has 0 aliphatic carbocycles. The summed E-state index contributed by atoms with van der Waals surface area (Å²) in [5.74, 6) is 0.553. The minimum atomic E-state index is -1.10. The lowest BCUT2D eigenvalue weighted by Crippen LogP contribution is -2.46. The summed E-state index contributed by atoms with van der Waals surface area (Å²) < 4.78 is 18.0. The molecule has 0 bridgehead atoms. The van der Waals surface area contributed by atoms with Gasteiger partial charge in [-0.05, 0) is 43.3 Å². The maximum Gasteiger partial charge on any atom is 0.251 e. The predicted octanol–water partition coefficient (Wildman–Crippen LogP) is 2.88. The van der Waals surface area contributed by atoms with Crippen molar-refractivity contribution in [2.45, 2.75) is 19.5 Å². The molecule has 35 heavy (non-hydrogen) atoms. The SMILES string of the molecule is COCCNC(=O)[C@H](c1ccc(C)o1)N(C(=O)Cn1nnc2ccccc21)c1ccccc1OC. The van der Waals surface area contributed by atoms with Gasteiger partial charge in [-0.15, -0.1) is 5.10 Å². The van der Waals surface area contributed by atoms with Gasteiger partial charge >= 0.3 is 0 Å². The highest BCUT2D eigenvalue weighted by atomic mass is 16.5. The van der Waals surface area contributed by atoms with E-state index in [9.17, 15) is 9.59 Å². The summed E-state index contributed by atoms with van der Waals surface area (Å²) in [4.78, 5) is 28.8. The summed E-state index contributed by atoms with van der Waals surface area (Å²) in [7, 11) is 3.06. The van der Waals surface area contributed by atoms with Crippen molar-refractivity contribution in [3.05, 3.63) is 72.2 Å². The second-order valence-corrected chi connectivity index (χ2v) is 7.81. The van der Waals surface area contributed by atoms with Crippen molar-refractivity contribution in [1.29, 1.82) is 0 Å². The summed E-state index contributed by atoms with van der Waals surface area (Å²) in [6.45, 7) is 2.22. The molecule has 182 valence electrons. The minimum Gasteiger partial charge on any atom is -0.495 e. The number of carbonyl (C=O) groups is 2.